The summed E-state index contributed by atoms with van der Waals surface area (Å²) in [6, 6.07) is 13.4. The first-order valence-corrected chi connectivity index (χ1v) is 10.9. The van der Waals surface area contributed by atoms with E-state index in [9.17, 15) is 9.59 Å². The van der Waals surface area contributed by atoms with Crippen LogP contribution in [0.15, 0.2) is 58.2 Å². The van der Waals surface area contributed by atoms with E-state index in [0.717, 1.165) is 32.6 Å². The van der Waals surface area contributed by atoms with Gasteiger partial charge < -0.3 is 0 Å². The van der Waals surface area contributed by atoms with Gasteiger partial charge >= 0.3 is 0 Å². The highest BCUT2D eigenvalue weighted by Gasteiger charge is 2.44. The Morgan fingerprint density at radius 3 is 2.55 bits per heavy atom. The van der Waals surface area contributed by atoms with E-state index in [-0.39, 0.29) is 29.4 Å². The Morgan fingerprint density at radius 2 is 1.83 bits per heavy atom. The van der Waals surface area contributed by atoms with E-state index in [1.165, 1.54) is 0 Å². The van der Waals surface area contributed by atoms with Crippen molar-refractivity contribution in [3.05, 3.63) is 74.4 Å². The molecule has 0 bridgehead atoms. The molecule has 150 valence electrons. The Hall–Kier alpha value is -1.91. The molecular weight excluding hydrogens is 450 g/mol. The summed E-state index contributed by atoms with van der Waals surface area (Å²) < 4.78 is 0.926. The third-order valence-corrected chi connectivity index (χ3v) is 6.79. The summed E-state index contributed by atoms with van der Waals surface area (Å²) in [5, 5.41) is 0.579. The molecule has 5 heteroatoms. The Balaban J connectivity index is 1.95. The summed E-state index contributed by atoms with van der Waals surface area (Å²) in [7, 11) is 0. The van der Waals surface area contributed by atoms with Gasteiger partial charge in [-0.1, -0.05) is 65.6 Å². The number of amides is 1. The first-order chi connectivity index (χ1) is 13.7. The molecule has 3 nitrogen and oxygen atoms in total. The van der Waals surface area contributed by atoms with Crippen molar-refractivity contribution in [2.75, 3.05) is 4.90 Å². The molecule has 2 aromatic carbocycles. The lowest BCUT2D eigenvalue weighted by Crippen LogP contribution is -2.44. The van der Waals surface area contributed by atoms with Crippen molar-refractivity contribution in [1.29, 1.82) is 0 Å². The number of rotatable bonds is 2. The van der Waals surface area contributed by atoms with E-state index in [1.807, 2.05) is 49.4 Å². The molecular formula is C24H23BrClNO2. The van der Waals surface area contributed by atoms with Gasteiger partial charge in [0.1, 0.15) is 0 Å². The number of allylic oxidation sites excluding steroid dienone is 2. The summed E-state index contributed by atoms with van der Waals surface area (Å²) in [6.45, 7) is 6.14. The van der Waals surface area contributed by atoms with Crippen molar-refractivity contribution in [3.8, 4) is 0 Å². The van der Waals surface area contributed by atoms with Gasteiger partial charge in [-0.25, -0.2) is 0 Å². The highest BCUT2D eigenvalue weighted by atomic mass is 79.9. The van der Waals surface area contributed by atoms with Crippen LogP contribution >= 0.6 is 27.5 Å². The minimum absolute atomic E-state index is 0.000342. The molecule has 1 aliphatic heterocycles. The second-order valence-corrected chi connectivity index (χ2v) is 10.0. The Labute approximate surface area is 184 Å². The zero-order valence-electron chi connectivity index (χ0n) is 16.8. The lowest BCUT2D eigenvalue weighted by atomic mass is 9.69. The number of nitrogens with zero attached hydrogens (tertiary/aromatic N) is 1. The molecule has 0 saturated heterocycles. The number of Topliss-reactive ketones (excluding diaryl/α,β-unsaturated/α-hetero) is 1. The van der Waals surface area contributed by atoms with Crippen molar-refractivity contribution >= 4 is 44.9 Å². The second kappa shape index (κ2) is 7.41. The van der Waals surface area contributed by atoms with Crippen LogP contribution in [0.4, 0.5) is 5.69 Å². The van der Waals surface area contributed by atoms with Gasteiger partial charge in [0.15, 0.2) is 5.78 Å². The van der Waals surface area contributed by atoms with Gasteiger partial charge in [0.25, 0.3) is 0 Å². The van der Waals surface area contributed by atoms with Crippen LogP contribution in [0.3, 0.4) is 0 Å². The van der Waals surface area contributed by atoms with E-state index in [0.29, 0.717) is 17.9 Å². The first-order valence-electron chi connectivity index (χ1n) is 9.78. The molecule has 1 aliphatic carbocycles. The van der Waals surface area contributed by atoms with Crippen LogP contribution in [0.2, 0.25) is 5.02 Å². The van der Waals surface area contributed by atoms with Gasteiger partial charge in [-0.05, 0) is 48.1 Å². The summed E-state index contributed by atoms with van der Waals surface area (Å²) in [5.74, 6) is -0.0954. The zero-order valence-corrected chi connectivity index (χ0v) is 19.1. The fraction of sp³-hybridized carbons (Fsp3) is 0.333. The number of halogens is 2. The van der Waals surface area contributed by atoms with E-state index in [4.69, 9.17) is 11.6 Å². The monoisotopic (exact) mass is 471 g/mol. The van der Waals surface area contributed by atoms with Gasteiger partial charge in [-0.15, -0.1) is 0 Å². The smallest absolute Gasteiger partial charge is 0.232 e. The molecule has 2 aromatic rings. The summed E-state index contributed by atoms with van der Waals surface area (Å²) in [6.07, 6.45) is 1.43. The number of ketones is 1. The molecule has 1 atom stereocenters. The molecule has 4 rings (SSSR count). The van der Waals surface area contributed by atoms with E-state index in [1.54, 1.807) is 4.90 Å². The van der Waals surface area contributed by atoms with Crippen LogP contribution < -0.4 is 4.90 Å². The maximum Gasteiger partial charge on any atom is 0.232 e. The first kappa shape index (κ1) is 20.4. The Bertz CT molecular complexity index is 1060. The minimum Gasteiger partial charge on any atom is -0.294 e. The van der Waals surface area contributed by atoms with Crippen LogP contribution in [0.1, 0.15) is 50.2 Å². The van der Waals surface area contributed by atoms with Gasteiger partial charge in [-0.3, -0.25) is 14.5 Å². The van der Waals surface area contributed by atoms with Gasteiger partial charge in [-0.2, -0.15) is 0 Å². The van der Waals surface area contributed by atoms with Crippen LogP contribution in [-0.2, 0) is 9.59 Å². The molecule has 0 saturated carbocycles. The summed E-state index contributed by atoms with van der Waals surface area (Å²) >= 11 is 9.88. The van der Waals surface area contributed by atoms with Crippen molar-refractivity contribution < 1.29 is 9.59 Å². The van der Waals surface area contributed by atoms with Crippen molar-refractivity contribution in [1.82, 2.24) is 0 Å². The highest BCUT2D eigenvalue weighted by molar-refractivity contribution is 9.10. The van der Waals surface area contributed by atoms with Crippen molar-refractivity contribution in [2.24, 2.45) is 5.41 Å². The number of carbonyl (C=O) groups excluding carboxylic acids is 2. The topological polar surface area (TPSA) is 37.4 Å². The Kier molecular flexibility index (Phi) is 5.20. The number of aryl methyl sites for hydroxylation is 1. The third kappa shape index (κ3) is 3.69. The van der Waals surface area contributed by atoms with Crippen LogP contribution in [-0.4, -0.2) is 11.7 Å². The molecule has 1 unspecified atom stereocenters. The molecule has 0 fully saturated rings. The fourth-order valence-electron chi connectivity index (χ4n) is 4.54. The largest absolute Gasteiger partial charge is 0.294 e. The quantitative estimate of drug-likeness (QED) is 0.495. The highest BCUT2D eigenvalue weighted by Crippen LogP contribution is 2.49. The van der Waals surface area contributed by atoms with Crippen LogP contribution in [0.5, 0.6) is 0 Å². The van der Waals surface area contributed by atoms with Crippen molar-refractivity contribution in [2.45, 2.75) is 46.0 Å². The SMILES string of the molecule is Cc1ccc(Cl)cc1N1C(=O)CC(c2ccccc2Br)C2=C1CC(C)(C)CC2=O. The molecule has 29 heavy (non-hydrogen) atoms. The average molecular weight is 473 g/mol. The third-order valence-electron chi connectivity index (χ3n) is 5.84. The van der Waals surface area contributed by atoms with Gasteiger partial charge in [0, 0.05) is 39.5 Å². The number of hydrogen-bond acceptors (Lipinski definition) is 2. The lowest BCUT2D eigenvalue weighted by molar-refractivity contribution is -0.121. The van der Waals surface area contributed by atoms with Crippen LogP contribution in [0, 0.1) is 12.3 Å². The minimum atomic E-state index is -0.229. The number of anilines is 1. The second-order valence-electron chi connectivity index (χ2n) is 8.74. The van der Waals surface area contributed by atoms with E-state index < -0.39 is 0 Å². The molecule has 2 aliphatic rings. The van der Waals surface area contributed by atoms with Gasteiger partial charge in [0.05, 0.1) is 5.69 Å². The fourth-order valence-corrected chi connectivity index (χ4v) is 5.27. The van der Waals surface area contributed by atoms with E-state index >= 15 is 0 Å². The molecule has 1 heterocycles. The lowest BCUT2D eigenvalue weighted by Gasteiger charge is -2.43. The van der Waals surface area contributed by atoms with Gasteiger partial charge in [0.2, 0.25) is 5.91 Å². The summed E-state index contributed by atoms with van der Waals surface area (Å²) in [4.78, 5) is 28.5. The van der Waals surface area contributed by atoms with E-state index in [2.05, 4.69) is 29.8 Å². The number of carbonyl (C=O) groups is 2. The Morgan fingerprint density at radius 1 is 1.10 bits per heavy atom. The van der Waals surface area contributed by atoms with Crippen molar-refractivity contribution in [3.63, 3.8) is 0 Å². The van der Waals surface area contributed by atoms with Crippen LogP contribution in [0.25, 0.3) is 0 Å². The number of hydrogen-bond donors (Lipinski definition) is 0. The molecule has 0 radical (unpaired) electrons. The average Bonchev–Trinajstić information content (AvgIpc) is 2.63. The normalized spacial score (nSPS) is 21.4. The zero-order chi connectivity index (χ0) is 20.9. The standard InChI is InChI=1S/C24H23BrClNO2/c1-14-8-9-15(26)10-19(14)27-20-12-24(2,3)13-21(28)23(20)17(11-22(27)29)16-6-4-5-7-18(16)25/h4-10,17H,11-13H2,1-3H3. The molecule has 0 N–H and O–H groups in total. The number of benzene rings is 2. The summed E-state index contributed by atoms with van der Waals surface area (Å²) in [5.41, 5.74) is 4.13. The molecule has 0 aromatic heterocycles. The predicted molar refractivity (Wildman–Crippen MR) is 120 cm³/mol. The predicted octanol–water partition coefficient (Wildman–Crippen LogP) is 6.57. The maximum atomic E-state index is 13.4. The maximum absolute atomic E-state index is 13.4. The molecule has 1 amide bonds. The molecule has 0 spiro atoms.